The summed E-state index contributed by atoms with van der Waals surface area (Å²) >= 11 is 0. The van der Waals surface area contributed by atoms with Crippen LogP contribution in [-0.4, -0.2) is 55.7 Å². The highest BCUT2D eigenvalue weighted by atomic mass is 16.7. The van der Waals surface area contributed by atoms with E-state index >= 15 is 0 Å². The van der Waals surface area contributed by atoms with E-state index in [2.05, 4.69) is 5.32 Å². The summed E-state index contributed by atoms with van der Waals surface area (Å²) in [5.74, 6) is -0.417. The van der Waals surface area contributed by atoms with Crippen LogP contribution in [0.3, 0.4) is 0 Å². The number of nitrogens with one attached hydrogen (secondary N) is 1. The molecule has 1 atom stereocenters. The number of nitrogens with zero attached hydrogens (tertiary/aromatic N) is 1. The van der Waals surface area contributed by atoms with Gasteiger partial charge in [0, 0.05) is 30.6 Å². The number of benzene rings is 1. The molecule has 3 aliphatic rings. The lowest BCUT2D eigenvalue weighted by molar-refractivity contribution is -0.155. The second kappa shape index (κ2) is 6.75. The fraction of sp³-hybridized carbons (Fsp3) is 0.526. The van der Waals surface area contributed by atoms with Crippen LogP contribution in [0, 0.1) is 11.3 Å². The number of esters is 1. The molecule has 4 rings (SSSR count). The van der Waals surface area contributed by atoms with E-state index in [9.17, 15) is 14.4 Å². The second-order valence-electron chi connectivity index (χ2n) is 7.13. The van der Waals surface area contributed by atoms with E-state index in [1.54, 1.807) is 30.0 Å². The molecule has 0 saturated carbocycles. The number of likely N-dealkylation sites (tertiary alicyclic amines) is 1. The molecule has 8 heteroatoms. The van der Waals surface area contributed by atoms with Crippen LogP contribution < -0.4 is 14.8 Å². The average molecular weight is 374 g/mol. The van der Waals surface area contributed by atoms with Crippen molar-refractivity contribution < 1.29 is 28.6 Å². The predicted octanol–water partition coefficient (Wildman–Crippen LogP) is 0.947. The van der Waals surface area contributed by atoms with Crippen LogP contribution in [0.2, 0.25) is 0 Å². The van der Waals surface area contributed by atoms with Gasteiger partial charge in [-0.15, -0.1) is 0 Å². The summed E-state index contributed by atoms with van der Waals surface area (Å²) in [4.78, 5) is 39.1. The van der Waals surface area contributed by atoms with Crippen molar-refractivity contribution in [2.75, 3.05) is 33.0 Å². The molecule has 8 nitrogen and oxygen atoms in total. The lowest BCUT2D eigenvalue weighted by Crippen LogP contribution is -2.48. The second-order valence-corrected chi connectivity index (χ2v) is 7.13. The van der Waals surface area contributed by atoms with Gasteiger partial charge in [0.25, 0.3) is 5.91 Å². The van der Waals surface area contributed by atoms with Crippen LogP contribution in [0.5, 0.6) is 11.5 Å². The Morgan fingerprint density at radius 1 is 1.26 bits per heavy atom. The largest absolute Gasteiger partial charge is 0.465 e. The average Bonchev–Trinajstić information content (AvgIpc) is 3.26. The molecule has 0 aliphatic carbocycles. The summed E-state index contributed by atoms with van der Waals surface area (Å²) in [6.45, 7) is 3.55. The van der Waals surface area contributed by atoms with Gasteiger partial charge in [0.2, 0.25) is 12.7 Å². The van der Waals surface area contributed by atoms with E-state index < -0.39 is 17.3 Å². The Hall–Kier alpha value is -2.77. The minimum atomic E-state index is -0.791. The van der Waals surface area contributed by atoms with Crippen LogP contribution in [0.25, 0.3) is 0 Å². The topological polar surface area (TPSA) is 94.2 Å². The van der Waals surface area contributed by atoms with E-state index in [0.717, 1.165) is 0 Å². The number of fused-ring (bicyclic) bond motifs is 1. The maximum atomic E-state index is 12.8. The summed E-state index contributed by atoms with van der Waals surface area (Å²) < 4.78 is 15.7. The maximum absolute atomic E-state index is 12.8. The smallest absolute Gasteiger partial charge is 0.319 e. The molecular weight excluding hydrogens is 352 g/mol. The molecule has 27 heavy (non-hydrogen) atoms. The first-order chi connectivity index (χ1) is 13.0. The zero-order valence-electron chi connectivity index (χ0n) is 15.2. The molecule has 144 valence electrons. The normalized spacial score (nSPS) is 22.6. The number of amides is 2. The van der Waals surface area contributed by atoms with Crippen molar-refractivity contribution in [3.8, 4) is 11.5 Å². The summed E-state index contributed by atoms with van der Waals surface area (Å²) in [7, 11) is 0. The Kier molecular flexibility index (Phi) is 4.41. The first-order valence-corrected chi connectivity index (χ1v) is 9.17. The van der Waals surface area contributed by atoms with Crippen molar-refractivity contribution in [1.29, 1.82) is 0 Å². The van der Waals surface area contributed by atoms with Crippen molar-refractivity contribution >= 4 is 17.8 Å². The first kappa shape index (κ1) is 17.6. The summed E-state index contributed by atoms with van der Waals surface area (Å²) in [6.07, 6.45) is 1.15. The van der Waals surface area contributed by atoms with E-state index in [4.69, 9.17) is 14.2 Å². The molecule has 0 radical (unpaired) electrons. The van der Waals surface area contributed by atoms with E-state index in [1.807, 2.05) is 0 Å². The molecule has 0 aromatic heterocycles. The minimum absolute atomic E-state index is 0.0897. The van der Waals surface area contributed by atoms with Gasteiger partial charge in [-0.05, 0) is 38.0 Å². The number of piperidine rings is 1. The van der Waals surface area contributed by atoms with Gasteiger partial charge in [-0.2, -0.15) is 0 Å². The molecule has 2 fully saturated rings. The third-order valence-corrected chi connectivity index (χ3v) is 5.68. The quantitative estimate of drug-likeness (QED) is 0.625. The Morgan fingerprint density at radius 2 is 2.00 bits per heavy atom. The fourth-order valence-electron chi connectivity index (χ4n) is 4.16. The van der Waals surface area contributed by atoms with Crippen molar-refractivity contribution in [3.05, 3.63) is 23.8 Å². The standard InChI is InChI=1S/C19H22N2O6/c1-2-25-18(24)15-16(22)20-10-19(15)5-7-21(8-6-19)17(23)12-3-4-13-14(9-12)27-11-26-13/h3-4,9,15H,2,5-8,10-11H2,1H3,(H,20,22). The molecule has 0 bridgehead atoms. The number of ether oxygens (including phenoxy) is 3. The zero-order valence-corrected chi connectivity index (χ0v) is 15.2. The highest BCUT2D eigenvalue weighted by molar-refractivity contribution is 6.00. The highest BCUT2D eigenvalue weighted by Crippen LogP contribution is 2.43. The molecule has 2 amide bonds. The Bertz CT molecular complexity index is 784. The van der Waals surface area contributed by atoms with E-state index in [1.165, 1.54) is 0 Å². The molecule has 1 aromatic rings. The van der Waals surface area contributed by atoms with E-state index in [-0.39, 0.29) is 25.2 Å². The van der Waals surface area contributed by atoms with Gasteiger partial charge in [0.15, 0.2) is 11.5 Å². The van der Waals surface area contributed by atoms with Gasteiger partial charge in [0.05, 0.1) is 6.61 Å². The monoisotopic (exact) mass is 374 g/mol. The Labute approximate surface area is 156 Å². The Morgan fingerprint density at radius 3 is 2.74 bits per heavy atom. The molecule has 1 spiro atoms. The minimum Gasteiger partial charge on any atom is -0.465 e. The third-order valence-electron chi connectivity index (χ3n) is 5.68. The lowest BCUT2D eigenvalue weighted by atomic mass is 9.70. The van der Waals surface area contributed by atoms with Gasteiger partial charge in [0.1, 0.15) is 5.92 Å². The number of hydrogen-bond donors (Lipinski definition) is 1. The number of rotatable bonds is 3. The van der Waals surface area contributed by atoms with Crippen molar-refractivity contribution in [2.24, 2.45) is 11.3 Å². The molecule has 1 N–H and O–H groups in total. The van der Waals surface area contributed by atoms with Crippen LogP contribution in [-0.2, 0) is 14.3 Å². The van der Waals surface area contributed by atoms with Crippen molar-refractivity contribution in [1.82, 2.24) is 10.2 Å². The molecule has 3 aliphatic heterocycles. The molecule has 2 saturated heterocycles. The number of carbonyl (C=O) groups excluding carboxylic acids is 3. The molecule has 1 aromatic carbocycles. The van der Waals surface area contributed by atoms with Crippen molar-refractivity contribution in [3.63, 3.8) is 0 Å². The van der Waals surface area contributed by atoms with Crippen LogP contribution in [0.15, 0.2) is 18.2 Å². The van der Waals surface area contributed by atoms with Crippen LogP contribution in [0.1, 0.15) is 30.1 Å². The fourth-order valence-corrected chi connectivity index (χ4v) is 4.16. The lowest BCUT2D eigenvalue weighted by Gasteiger charge is -2.40. The van der Waals surface area contributed by atoms with Gasteiger partial charge in [-0.3, -0.25) is 14.4 Å². The van der Waals surface area contributed by atoms with Crippen molar-refractivity contribution in [2.45, 2.75) is 19.8 Å². The van der Waals surface area contributed by atoms with Gasteiger partial charge in [-0.1, -0.05) is 0 Å². The van der Waals surface area contributed by atoms with Gasteiger partial charge >= 0.3 is 5.97 Å². The van der Waals surface area contributed by atoms with Crippen LogP contribution in [0.4, 0.5) is 0 Å². The SMILES string of the molecule is CCOC(=O)C1C(=O)NCC12CCN(C(=O)c1ccc3c(c1)OCO3)CC2. The molecule has 3 heterocycles. The van der Waals surface area contributed by atoms with Gasteiger partial charge < -0.3 is 24.4 Å². The highest BCUT2D eigenvalue weighted by Gasteiger charge is 2.54. The molecule has 1 unspecified atom stereocenters. The summed E-state index contributed by atoms with van der Waals surface area (Å²) in [5, 5.41) is 2.80. The maximum Gasteiger partial charge on any atom is 0.319 e. The predicted molar refractivity (Wildman–Crippen MR) is 93.3 cm³/mol. The number of hydrogen-bond acceptors (Lipinski definition) is 6. The third kappa shape index (κ3) is 2.98. The number of carbonyl (C=O) groups is 3. The molecular formula is C19H22N2O6. The van der Waals surface area contributed by atoms with Crippen LogP contribution >= 0.6 is 0 Å². The van der Waals surface area contributed by atoms with Gasteiger partial charge in [-0.25, -0.2) is 0 Å². The Balaban J connectivity index is 1.46. The van der Waals surface area contributed by atoms with E-state index in [0.29, 0.717) is 49.5 Å². The first-order valence-electron chi connectivity index (χ1n) is 9.17. The summed E-state index contributed by atoms with van der Waals surface area (Å²) in [6, 6.07) is 5.15. The zero-order chi connectivity index (χ0) is 19.0. The summed E-state index contributed by atoms with van der Waals surface area (Å²) in [5.41, 5.74) is 0.0624.